The van der Waals surface area contributed by atoms with Gasteiger partial charge in [-0.05, 0) is 25.0 Å². The van der Waals surface area contributed by atoms with Crippen LogP contribution in [0.2, 0.25) is 10.0 Å². The van der Waals surface area contributed by atoms with Gasteiger partial charge in [0.05, 0.1) is 15.6 Å². The number of hydrogen-bond acceptors (Lipinski definition) is 3. The second-order valence-electron chi connectivity index (χ2n) is 5.15. The lowest BCUT2D eigenvalue weighted by Gasteiger charge is -2.14. The Morgan fingerprint density at radius 3 is 2.43 bits per heavy atom. The minimum Gasteiger partial charge on any atom is -0.380 e. The Labute approximate surface area is 135 Å². The topological polar surface area (TPSA) is 52.0 Å². The first kappa shape index (κ1) is 16.2. The van der Waals surface area contributed by atoms with Crippen molar-refractivity contribution >= 4 is 29.0 Å². The fourth-order valence-corrected chi connectivity index (χ4v) is 3.14. The molecule has 0 fully saturated rings. The number of nitrogen functional groups attached to an aromatic ring is 1. The van der Waals surface area contributed by atoms with E-state index in [1.165, 1.54) is 0 Å². The summed E-state index contributed by atoms with van der Waals surface area (Å²) in [6.07, 6.45) is 4.28. The molecule has 3 nitrogen and oxygen atoms in total. The van der Waals surface area contributed by atoms with Crippen LogP contribution in [0.5, 0.6) is 0 Å². The summed E-state index contributed by atoms with van der Waals surface area (Å²) in [4.78, 5) is 0. The van der Waals surface area contributed by atoms with Crippen LogP contribution >= 0.6 is 23.2 Å². The minimum absolute atomic E-state index is 0.275. The molecule has 2 rings (SSSR count). The monoisotopic (exact) mass is 326 g/mol. The number of rotatable bonds is 6. The van der Waals surface area contributed by atoms with Gasteiger partial charge in [0.1, 0.15) is 5.76 Å². The average molecular weight is 327 g/mol. The van der Waals surface area contributed by atoms with E-state index in [-0.39, 0.29) is 5.92 Å². The second kappa shape index (κ2) is 7.19. The van der Waals surface area contributed by atoms with Crippen LogP contribution in [0.3, 0.4) is 0 Å². The summed E-state index contributed by atoms with van der Waals surface area (Å²) in [6, 6.07) is 5.41. The lowest BCUT2D eigenvalue weighted by atomic mass is 9.91. The normalized spacial score (nSPS) is 12.6. The SMILES string of the molecule is CCCCC(CC)c1onc(N)c1-c1c(Cl)cccc1Cl. The zero-order valence-corrected chi connectivity index (χ0v) is 13.8. The third-order valence-corrected chi connectivity index (χ3v) is 4.36. The lowest BCUT2D eigenvalue weighted by molar-refractivity contribution is 0.349. The van der Waals surface area contributed by atoms with Crippen LogP contribution < -0.4 is 5.73 Å². The number of anilines is 1. The van der Waals surface area contributed by atoms with Crippen molar-refractivity contribution in [2.24, 2.45) is 0 Å². The molecular formula is C16H20Cl2N2O. The van der Waals surface area contributed by atoms with Crippen LogP contribution in [0.15, 0.2) is 22.7 Å². The molecule has 0 spiro atoms. The number of nitrogens with two attached hydrogens (primary N) is 1. The summed E-state index contributed by atoms with van der Waals surface area (Å²) in [5, 5.41) is 5.06. The number of benzene rings is 1. The van der Waals surface area contributed by atoms with Gasteiger partial charge in [-0.3, -0.25) is 0 Å². The fraction of sp³-hybridized carbons (Fsp3) is 0.438. The first-order valence-electron chi connectivity index (χ1n) is 7.29. The van der Waals surface area contributed by atoms with Gasteiger partial charge >= 0.3 is 0 Å². The van der Waals surface area contributed by atoms with Crippen molar-refractivity contribution in [3.63, 3.8) is 0 Å². The molecule has 5 heteroatoms. The summed E-state index contributed by atoms with van der Waals surface area (Å²) >= 11 is 12.6. The molecule has 1 heterocycles. The quantitative estimate of drug-likeness (QED) is 0.717. The van der Waals surface area contributed by atoms with Crippen molar-refractivity contribution in [1.82, 2.24) is 5.16 Å². The molecule has 0 aliphatic carbocycles. The third kappa shape index (κ3) is 3.35. The maximum atomic E-state index is 6.31. The molecule has 1 atom stereocenters. The number of hydrogen-bond donors (Lipinski definition) is 1. The molecular weight excluding hydrogens is 307 g/mol. The summed E-state index contributed by atoms with van der Waals surface area (Å²) in [6.45, 7) is 4.31. The van der Waals surface area contributed by atoms with E-state index in [9.17, 15) is 0 Å². The Morgan fingerprint density at radius 1 is 1.19 bits per heavy atom. The molecule has 2 N–H and O–H groups in total. The molecule has 0 amide bonds. The van der Waals surface area contributed by atoms with Crippen molar-refractivity contribution < 1.29 is 4.52 Å². The van der Waals surface area contributed by atoms with Gasteiger partial charge in [0.15, 0.2) is 5.82 Å². The first-order valence-corrected chi connectivity index (χ1v) is 8.05. The van der Waals surface area contributed by atoms with Gasteiger partial charge in [0, 0.05) is 11.5 Å². The van der Waals surface area contributed by atoms with Crippen molar-refractivity contribution in [2.45, 2.75) is 45.4 Å². The largest absolute Gasteiger partial charge is 0.380 e. The van der Waals surface area contributed by atoms with Crippen LogP contribution in [0.25, 0.3) is 11.1 Å². The average Bonchev–Trinajstić information content (AvgIpc) is 2.82. The van der Waals surface area contributed by atoms with Gasteiger partial charge in [-0.25, -0.2) is 0 Å². The summed E-state index contributed by atoms with van der Waals surface area (Å²) in [5.74, 6) is 1.41. The maximum Gasteiger partial charge on any atom is 0.175 e. The summed E-state index contributed by atoms with van der Waals surface area (Å²) in [5.41, 5.74) is 7.47. The molecule has 0 aliphatic rings. The van der Waals surface area contributed by atoms with E-state index in [2.05, 4.69) is 19.0 Å². The molecule has 21 heavy (non-hydrogen) atoms. The fourth-order valence-electron chi connectivity index (χ4n) is 2.55. The van der Waals surface area contributed by atoms with E-state index in [4.69, 9.17) is 33.5 Å². The van der Waals surface area contributed by atoms with Gasteiger partial charge in [-0.15, -0.1) is 0 Å². The molecule has 1 unspecified atom stereocenters. The highest BCUT2D eigenvalue weighted by Gasteiger charge is 2.25. The molecule has 1 aromatic heterocycles. The Hall–Kier alpha value is -1.19. The highest BCUT2D eigenvalue weighted by Crippen LogP contribution is 2.43. The van der Waals surface area contributed by atoms with Crippen LogP contribution in [0.1, 0.15) is 51.2 Å². The highest BCUT2D eigenvalue weighted by atomic mass is 35.5. The smallest absolute Gasteiger partial charge is 0.175 e. The van der Waals surface area contributed by atoms with Crippen molar-refractivity contribution in [3.05, 3.63) is 34.0 Å². The minimum atomic E-state index is 0.275. The number of nitrogens with zero attached hydrogens (tertiary/aromatic N) is 1. The molecule has 1 aromatic carbocycles. The molecule has 0 bridgehead atoms. The predicted molar refractivity (Wildman–Crippen MR) is 88.9 cm³/mol. The number of aromatic nitrogens is 1. The number of unbranched alkanes of at least 4 members (excludes halogenated alkanes) is 1. The summed E-state index contributed by atoms with van der Waals surface area (Å²) in [7, 11) is 0. The lowest BCUT2D eigenvalue weighted by Crippen LogP contribution is -1.99. The zero-order chi connectivity index (χ0) is 15.4. The molecule has 0 saturated carbocycles. The van der Waals surface area contributed by atoms with Crippen molar-refractivity contribution in [2.75, 3.05) is 5.73 Å². The van der Waals surface area contributed by atoms with E-state index in [0.717, 1.165) is 37.0 Å². The van der Waals surface area contributed by atoms with E-state index >= 15 is 0 Å². The van der Waals surface area contributed by atoms with Crippen LogP contribution in [0, 0.1) is 0 Å². The third-order valence-electron chi connectivity index (χ3n) is 3.73. The van der Waals surface area contributed by atoms with Gasteiger partial charge < -0.3 is 10.3 Å². The second-order valence-corrected chi connectivity index (χ2v) is 5.97. The molecule has 0 saturated heterocycles. The van der Waals surface area contributed by atoms with Crippen molar-refractivity contribution in [3.8, 4) is 11.1 Å². The zero-order valence-electron chi connectivity index (χ0n) is 12.3. The van der Waals surface area contributed by atoms with Gasteiger partial charge in [0.2, 0.25) is 0 Å². The molecule has 2 aromatic rings. The summed E-state index contributed by atoms with van der Waals surface area (Å²) < 4.78 is 5.52. The van der Waals surface area contributed by atoms with E-state index in [1.54, 1.807) is 12.1 Å². The van der Waals surface area contributed by atoms with E-state index in [0.29, 0.717) is 21.4 Å². The Morgan fingerprint density at radius 2 is 1.86 bits per heavy atom. The van der Waals surface area contributed by atoms with Gasteiger partial charge in [-0.2, -0.15) is 0 Å². The molecule has 114 valence electrons. The first-order chi connectivity index (χ1) is 10.1. The standard InChI is InChI=1S/C16H20Cl2N2O/c1-3-5-7-10(4-2)15-14(16(19)20-21-15)13-11(17)8-6-9-12(13)18/h6,8-10H,3-5,7H2,1-2H3,(H2,19,20). The highest BCUT2D eigenvalue weighted by molar-refractivity contribution is 6.39. The van der Waals surface area contributed by atoms with Crippen molar-refractivity contribution in [1.29, 1.82) is 0 Å². The van der Waals surface area contributed by atoms with Gasteiger partial charge in [-0.1, -0.05) is 61.1 Å². The van der Waals surface area contributed by atoms with E-state index in [1.807, 2.05) is 6.07 Å². The maximum absolute atomic E-state index is 6.31. The van der Waals surface area contributed by atoms with E-state index < -0.39 is 0 Å². The Balaban J connectivity index is 2.52. The van der Waals surface area contributed by atoms with Gasteiger partial charge in [0.25, 0.3) is 0 Å². The van der Waals surface area contributed by atoms with Crippen LogP contribution in [-0.2, 0) is 0 Å². The number of halogens is 2. The Bertz CT molecular complexity index is 590. The predicted octanol–water partition coefficient (Wildman–Crippen LogP) is 5.91. The molecule has 0 radical (unpaired) electrons. The van der Waals surface area contributed by atoms with Crippen LogP contribution in [-0.4, -0.2) is 5.16 Å². The Kier molecular flexibility index (Phi) is 5.54. The molecule has 0 aliphatic heterocycles. The van der Waals surface area contributed by atoms with Crippen LogP contribution in [0.4, 0.5) is 5.82 Å².